The number of nitrogens with zero attached hydrogens (tertiary/aromatic N) is 2. The zero-order valence-corrected chi connectivity index (χ0v) is 9.81. The fourth-order valence-corrected chi connectivity index (χ4v) is 2.32. The molecule has 0 radical (unpaired) electrons. The first kappa shape index (κ1) is 12.4. The summed E-state index contributed by atoms with van der Waals surface area (Å²) in [5.41, 5.74) is 0. The van der Waals surface area contributed by atoms with Gasteiger partial charge in [-0.3, -0.25) is 0 Å². The van der Waals surface area contributed by atoms with E-state index in [0.29, 0.717) is 0 Å². The molecule has 1 aromatic heterocycles. The van der Waals surface area contributed by atoms with Crippen molar-refractivity contribution in [2.75, 3.05) is 4.53 Å². The van der Waals surface area contributed by atoms with Crippen LogP contribution in [0.2, 0.25) is 0 Å². The molecule has 0 aliphatic heterocycles. The molecule has 1 heterocycles. The van der Waals surface area contributed by atoms with E-state index in [1.165, 1.54) is 24.3 Å². The van der Waals surface area contributed by atoms with Crippen LogP contribution in [0.25, 0.3) is 0 Å². The summed E-state index contributed by atoms with van der Waals surface area (Å²) in [6.07, 6.45) is 0.739. The van der Waals surface area contributed by atoms with Gasteiger partial charge in [-0.05, 0) is 24.3 Å². The van der Waals surface area contributed by atoms with Crippen LogP contribution < -0.4 is 4.53 Å². The van der Waals surface area contributed by atoms with Crippen molar-refractivity contribution in [3.05, 3.63) is 54.5 Å². The van der Waals surface area contributed by atoms with Gasteiger partial charge >= 0.3 is 0 Å². The monoisotopic (exact) mass is 270 g/mol. The first-order chi connectivity index (χ1) is 8.51. The van der Waals surface area contributed by atoms with Gasteiger partial charge < -0.3 is 0 Å². The molecule has 2 rings (SSSR count). The van der Waals surface area contributed by atoms with E-state index < -0.39 is 26.2 Å². The van der Waals surface area contributed by atoms with E-state index in [-0.39, 0.29) is 4.90 Å². The molecule has 0 bridgehead atoms. The number of pyridine rings is 1. The number of rotatable bonds is 3. The topological polar surface area (TPSA) is 50.3 Å². The molecule has 1 aromatic carbocycles. The van der Waals surface area contributed by atoms with Crippen molar-refractivity contribution in [2.45, 2.75) is 4.90 Å². The highest BCUT2D eigenvalue weighted by Crippen LogP contribution is 2.21. The number of hydrogen-bond acceptors (Lipinski definition) is 3. The van der Waals surface area contributed by atoms with Crippen molar-refractivity contribution < 1.29 is 17.3 Å². The zero-order chi connectivity index (χ0) is 13.2. The largest absolute Gasteiger partial charge is 0.292 e. The van der Waals surface area contributed by atoms with Crippen LogP contribution in [0.15, 0.2) is 53.6 Å². The molecule has 4 nitrogen and oxygen atoms in total. The highest BCUT2D eigenvalue weighted by Gasteiger charge is 2.25. The minimum atomic E-state index is -4.32. The Morgan fingerprint density at radius 1 is 1.06 bits per heavy atom. The molecule has 18 heavy (non-hydrogen) atoms. The molecular formula is C11H8F2N2O2S. The molecule has 94 valence electrons. The third-order valence-corrected chi connectivity index (χ3v) is 3.62. The van der Waals surface area contributed by atoms with E-state index in [9.17, 15) is 17.3 Å². The molecule has 0 saturated heterocycles. The molecule has 0 unspecified atom stereocenters. The van der Waals surface area contributed by atoms with Gasteiger partial charge in [-0.1, -0.05) is 27.2 Å². The second-order valence-corrected chi connectivity index (χ2v) is 5.11. The quantitative estimate of drug-likeness (QED) is 0.804. The van der Waals surface area contributed by atoms with Gasteiger partial charge in [0.2, 0.25) is 0 Å². The normalized spacial score (nSPS) is 11.2. The Hall–Kier alpha value is -2.02. The lowest BCUT2D eigenvalue weighted by Crippen LogP contribution is -2.23. The Morgan fingerprint density at radius 3 is 2.28 bits per heavy atom. The number of sulfonamides is 1. The van der Waals surface area contributed by atoms with Gasteiger partial charge in [-0.15, -0.1) is 0 Å². The average molecular weight is 270 g/mol. The smallest absolute Gasteiger partial charge is 0.233 e. The lowest BCUT2D eigenvalue weighted by Gasteiger charge is -2.12. The Morgan fingerprint density at radius 2 is 1.72 bits per heavy atom. The van der Waals surface area contributed by atoms with Crippen molar-refractivity contribution >= 4 is 15.8 Å². The summed E-state index contributed by atoms with van der Waals surface area (Å²) in [6.45, 7) is 0. The predicted molar refractivity (Wildman–Crippen MR) is 61.4 cm³/mol. The molecule has 0 spiro atoms. The van der Waals surface area contributed by atoms with Crippen molar-refractivity contribution in [1.82, 2.24) is 4.98 Å². The Bertz CT molecular complexity index is 630. The van der Waals surface area contributed by atoms with Gasteiger partial charge in [0.15, 0.2) is 5.82 Å². The Kier molecular flexibility index (Phi) is 3.24. The first-order valence-electron chi connectivity index (χ1n) is 4.89. The van der Waals surface area contributed by atoms with E-state index in [4.69, 9.17) is 0 Å². The van der Waals surface area contributed by atoms with E-state index >= 15 is 0 Å². The maximum absolute atomic E-state index is 13.8. The maximum Gasteiger partial charge on any atom is 0.292 e. The minimum absolute atomic E-state index is 0.210. The fraction of sp³-hybridized carbons (Fsp3) is 0. The maximum atomic E-state index is 13.8. The molecule has 7 heteroatoms. The summed E-state index contributed by atoms with van der Waals surface area (Å²) in [5.74, 6) is -1.18. The van der Waals surface area contributed by atoms with Crippen LogP contribution >= 0.6 is 0 Å². The van der Waals surface area contributed by atoms with Crippen LogP contribution in [0.3, 0.4) is 0 Å². The van der Waals surface area contributed by atoms with Gasteiger partial charge in [0, 0.05) is 0 Å². The molecule has 0 amide bonds. The lowest BCUT2D eigenvalue weighted by atomic mass is 10.4. The summed E-state index contributed by atoms with van der Waals surface area (Å²) in [7, 11) is -4.32. The molecular weight excluding hydrogens is 262 g/mol. The number of benzene rings is 1. The third-order valence-electron chi connectivity index (χ3n) is 2.14. The minimum Gasteiger partial charge on any atom is -0.233 e. The molecule has 0 fully saturated rings. The van der Waals surface area contributed by atoms with Crippen molar-refractivity contribution in [2.24, 2.45) is 0 Å². The highest BCUT2D eigenvalue weighted by atomic mass is 32.2. The summed E-state index contributed by atoms with van der Waals surface area (Å²) < 4.78 is 49.6. The number of hydrogen-bond donors (Lipinski definition) is 0. The molecule has 0 saturated carbocycles. The predicted octanol–water partition coefficient (Wildman–Crippen LogP) is 2.30. The van der Waals surface area contributed by atoms with Crippen LogP contribution in [0.1, 0.15) is 0 Å². The zero-order valence-electron chi connectivity index (χ0n) is 8.99. The first-order valence-corrected chi connectivity index (χ1v) is 6.33. The van der Waals surface area contributed by atoms with E-state index in [1.54, 1.807) is 6.07 Å². The van der Waals surface area contributed by atoms with Gasteiger partial charge in [-0.2, -0.15) is 8.42 Å². The highest BCUT2D eigenvalue weighted by molar-refractivity contribution is 7.92. The second-order valence-electron chi connectivity index (χ2n) is 3.37. The molecule has 0 aliphatic rings. The van der Waals surface area contributed by atoms with Crippen LogP contribution in [-0.4, -0.2) is 13.4 Å². The van der Waals surface area contributed by atoms with Crippen molar-refractivity contribution in [3.8, 4) is 0 Å². The second kappa shape index (κ2) is 4.69. The van der Waals surface area contributed by atoms with Crippen molar-refractivity contribution in [3.63, 3.8) is 0 Å². The third kappa shape index (κ3) is 2.30. The SMILES string of the molecule is O=S(=O)(c1ccccc1)N(F)c1ccc(F)cn1. The van der Waals surface area contributed by atoms with E-state index in [2.05, 4.69) is 4.98 Å². The van der Waals surface area contributed by atoms with Crippen LogP contribution in [0.5, 0.6) is 0 Å². The molecule has 0 aliphatic carbocycles. The van der Waals surface area contributed by atoms with Crippen LogP contribution in [-0.2, 0) is 10.0 Å². The van der Waals surface area contributed by atoms with Crippen LogP contribution in [0, 0.1) is 5.82 Å². The van der Waals surface area contributed by atoms with Crippen molar-refractivity contribution in [1.29, 1.82) is 0 Å². The Balaban J connectivity index is 2.39. The number of anilines is 1. The summed E-state index contributed by atoms with van der Waals surface area (Å²) in [5, 5.41) is 0. The standard InChI is InChI=1S/C11H8F2N2O2S/c12-9-6-7-11(14-8-9)15(13)18(16,17)10-4-2-1-3-5-10/h1-8H. The van der Waals surface area contributed by atoms with Crippen LogP contribution in [0.4, 0.5) is 14.7 Å². The fourth-order valence-electron chi connectivity index (χ4n) is 1.28. The van der Waals surface area contributed by atoms with Gasteiger partial charge in [0.25, 0.3) is 10.0 Å². The summed E-state index contributed by atoms with van der Waals surface area (Å²) >= 11 is 0. The average Bonchev–Trinajstić information content (AvgIpc) is 2.40. The van der Waals surface area contributed by atoms with E-state index in [0.717, 1.165) is 18.3 Å². The summed E-state index contributed by atoms with van der Waals surface area (Å²) in [6, 6.07) is 8.93. The summed E-state index contributed by atoms with van der Waals surface area (Å²) in [4.78, 5) is 3.16. The van der Waals surface area contributed by atoms with Gasteiger partial charge in [0.05, 0.1) is 11.1 Å². The van der Waals surface area contributed by atoms with Gasteiger partial charge in [0.1, 0.15) is 5.82 Å². The number of halogens is 2. The lowest BCUT2D eigenvalue weighted by molar-refractivity contribution is 0.490. The molecule has 0 N–H and O–H groups in total. The van der Waals surface area contributed by atoms with E-state index in [1.807, 2.05) is 0 Å². The Labute approximate surface area is 102 Å². The molecule has 0 atom stereocenters. The molecule has 2 aromatic rings. The van der Waals surface area contributed by atoms with Gasteiger partial charge in [-0.25, -0.2) is 9.37 Å². The number of aromatic nitrogens is 1.